The molecule has 0 radical (unpaired) electrons. The summed E-state index contributed by atoms with van der Waals surface area (Å²) in [5.41, 5.74) is 6.67. The molecule has 1 aliphatic rings. The van der Waals surface area contributed by atoms with Crippen LogP contribution in [0.5, 0.6) is 0 Å². The number of nitrogens with zero attached hydrogens (tertiary/aromatic N) is 3. The van der Waals surface area contributed by atoms with Crippen LogP contribution in [0.25, 0.3) is 0 Å². The number of aryl methyl sites for hydroxylation is 1. The van der Waals surface area contributed by atoms with E-state index in [1.54, 1.807) is 6.20 Å². The molecule has 1 aromatic heterocycles. The fourth-order valence-corrected chi connectivity index (χ4v) is 2.22. The maximum absolute atomic E-state index is 8.73. The average Bonchev–Trinajstić information content (AvgIpc) is 2.40. The number of ether oxygens (including phenoxy) is 1. The average molecular weight is 252 g/mol. The van der Waals surface area contributed by atoms with Gasteiger partial charge < -0.3 is 20.5 Å². The number of nitrogens with two attached hydrogens (primary N) is 1. The van der Waals surface area contributed by atoms with Crippen LogP contribution in [0.2, 0.25) is 0 Å². The first-order chi connectivity index (χ1) is 8.70. The number of hydrogen-bond donors (Lipinski definition) is 2. The van der Waals surface area contributed by atoms with Crippen LogP contribution in [-0.2, 0) is 4.74 Å². The summed E-state index contributed by atoms with van der Waals surface area (Å²) in [6, 6.07) is 0. The highest BCUT2D eigenvalue weighted by Crippen LogP contribution is 2.22. The van der Waals surface area contributed by atoms with Crippen molar-refractivity contribution in [3.63, 3.8) is 0 Å². The summed E-state index contributed by atoms with van der Waals surface area (Å²) < 4.78 is 5.54. The van der Waals surface area contributed by atoms with E-state index in [0.29, 0.717) is 12.6 Å². The third kappa shape index (κ3) is 3.08. The second kappa shape index (κ2) is 5.97. The number of piperidine rings is 1. The number of aromatic nitrogens is 2. The Labute approximate surface area is 107 Å². The SMILES string of the molecule is Cc1cnc(N)nc1N1CCC(OCCO)CC1. The van der Waals surface area contributed by atoms with Gasteiger partial charge in [-0.1, -0.05) is 0 Å². The Morgan fingerprint density at radius 1 is 1.50 bits per heavy atom. The summed E-state index contributed by atoms with van der Waals surface area (Å²) in [6.07, 6.45) is 3.89. The van der Waals surface area contributed by atoms with Crippen molar-refractivity contribution in [2.75, 3.05) is 36.9 Å². The Balaban J connectivity index is 1.94. The molecule has 0 atom stereocenters. The molecular formula is C12H20N4O2. The van der Waals surface area contributed by atoms with Crippen LogP contribution in [0, 0.1) is 6.92 Å². The topological polar surface area (TPSA) is 84.5 Å². The summed E-state index contributed by atoms with van der Waals surface area (Å²) >= 11 is 0. The van der Waals surface area contributed by atoms with Crippen molar-refractivity contribution < 1.29 is 9.84 Å². The molecule has 0 amide bonds. The fraction of sp³-hybridized carbons (Fsp3) is 0.667. The van der Waals surface area contributed by atoms with Gasteiger partial charge in [0.15, 0.2) is 0 Å². The van der Waals surface area contributed by atoms with Crippen molar-refractivity contribution in [2.45, 2.75) is 25.9 Å². The molecule has 0 aliphatic carbocycles. The Hall–Kier alpha value is -1.40. The first-order valence-electron chi connectivity index (χ1n) is 6.27. The standard InChI is InChI=1S/C12H20N4O2/c1-9-8-14-12(13)15-11(9)16-4-2-10(3-5-16)18-7-6-17/h8,10,17H,2-7H2,1H3,(H2,13,14,15). The van der Waals surface area contributed by atoms with Crippen molar-refractivity contribution >= 4 is 11.8 Å². The lowest BCUT2D eigenvalue weighted by molar-refractivity contribution is 0.0158. The molecule has 18 heavy (non-hydrogen) atoms. The Morgan fingerprint density at radius 2 is 2.22 bits per heavy atom. The molecule has 1 fully saturated rings. The lowest BCUT2D eigenvalue weighted by atomic mass is 10.1. The second-order valence-corrected chi connectivity index (χ2v) is 4.52. The third-order valence-corrected chi connectivity index (χ3v) is 3.15. The van der Waals surface area contributed by atoms with Gasteiger partial charge in [0.25, 0.3) is 0 Å². The van der Waals surface area contributed by atoms with Crippen molar-refractivity contribution in [1.29, 1.82) is 0 Å². The van der Waals surface area contributed by atoms with Crippen LogP contribution in [0.4, 0.5) is 11.8 Å². The van der Waals surface area contributed by atoms with Gasteiger partial charge in [0.05, 0.1) is 19.3 Å². The second-order valence-electron chi connectivity index (χ2n) is 4.52. The lowest BCUT2D eigenvalue weighted by Gasteiger charge is -2.33. The number of anilines is 2. The maximum atomic E-state index is 8.73. The normalized spacial score (nSPS) is 17.1. The van der Waals surface area contributed by atoms with E-state index in [1.807, 2.05) is 6.92 Å². The molecule has 6 nitrogen and oxygen atoms in total. The summed E-state index contributed by atoms with van der Waals surface area (Å²) in [6.45, 7) is 4.29. The predicted octanol–water partition coefficient (Wildman–Crippen LogP) is 0.345. The van der Waals surface area contributed by atoms with Gasteiger partial charge in [-0.3, -0.25) is 0 Å². The van der Waals surface area contributed by atoms with E-state index >= 15 is 0 Å². The molecule has 0 unspecified atom stereocenters. The van der Waals surface area contributed by atoms with Crippen LogP contribution in [0.15, 0.2) is 6.20 Å². The molecular weight excluding hydrogens is 232 g/mol. The van der Waals surface area contributed by atoms with E-state index in [2.05, 4.69) is 14.9 Å². The maximum Gasteiger partial charge on any atom is 0.221 e. The zero-order chi connectivity index (χ0) is 13.0. The molecule has 3 N–H and O–H groups in total. The highest BCUT2D eigenvalue weighted by Gasteiger charge is 2.21. The number of hydrogen-bond acceptors (Lipinski definition) is 6. The van der Waals surface area contributed by atoms with Gasteiger partial charge in [-0.2, -0.15) is 4.98 Å². The van der Waals surface area contributed by atoms with E-state index in [0.717, 1.165) is 37.3 Å². The monoisotopic (exact) mass is 252 g/mol. The summed E-state index contributed by atoms with van der Waals surface area (Å²) in [7, 11) is 0. The van der Waals surface area contributed by atoms with Gasteiger partial charge in [0.1, 0.15) is 5.82 Å². The summed E-state index contributed by atoms with van der Waals surface area (Å²) in [5.74, 6) is 1.23. The third-order valence-electron chi connectivity index (χ3n) is 3.15. The Bertz CT molecular complexity index is 392. The quantitative estimate of drug-likeness (QED) is 0.804. The van der Waals surface area contributed by atoms with Crippen molar-refractivity contribution in [1.82, 2.24) is 9.97 Å². The van der Waals surface area contributed by atoms with Crippen LogP contribution in [0.3, 0.4) is 0 Å². The van der Waals surface area contributed by atoms with E-state index in [-0.39, 0.29) is 12.7 Å². The van der Waals surface area contributed by atoms with E-state index in [9.17, 15) is 0 Å². The van der Waals surface area contributed by atoms with E-state index in [4.69, 9.17) is 15.6 Å². The molecule has 2 heterocycles. The van der Waals surface area contributed by atoms with Crippen molar-refractivity contribution in [3.05, 3.63) is 11.8 Å². The Kier molecular flexibility index (Phi) is 4.33. The zero-order valence-electron chi connectivity index (χ0n) is 10.7. The Morgan fingerprint density at radius 3 is 2.89 bits per heavy atom. The smallest absolute Gasteiger partial charge is 0.221 e. The van der Waals surface area contributed by atoms with E-state index < -0.39 is 0 Å². The van der Waals surface area contributed by atoms with Crippen LogP contribution in [0.1, 0.15) is 18.4 Å². The molecule has 0 spiro atoms. The molecule has 2 rings (SSSR count). The fourth-order valence-electron chi connectivity index (χ4n) is 2.22. The lowest BCUT2D eigenvalue weighted by Crippen LogP contribution is -2.38. The molecule has 100 valence electrons. The van der Waals surface area contributed by atoms with Gasteiger partial charge in [-0.15, -0.1) is 0 Å². The number of aliphatic hydroxyl groups excluding tert-OH is 1. The number of nitrogen functional groups attached to an aromatic ring is 1. The van der Waals surface area contributed by atoms with Gasteiger partial charge in [0.2, 0.25) is 5.95 Å². The number of aliphatic hydroxyl groups is 1. The number of rotatable bonds is 4. The molecule has 1 aromatic rings. The molecule has 0 saturated carbocycles. The van der Waals surface area contributed by atoms with Crippen LogP contribution < -0.4 is 10.6 Å². The van der Waals surface area contributed by atoms with Gasteiger partial charge in [-0.25, -0.2) is 4.98 Å². The van der Waals surface area contributed by atoms with Gasteiger partial charge >= 0.3 is 0 Å². The summed E-state index contributed by atoms with van der Waals surface area (Å²) in [4.78, 5) is 10.5. The van der Waals surface area contributed by atoms with Crippen LogP contribution >= 0.6 is 0 Å². The minimum atomic E-state index is 0.0851. The minimum absolute atomic E-state index is 0.0851. The molecule has 0 aromatic carbocycles. The van der Waals surface area contributed by atoms with E-state index in [1.165, 1.54) is 0 Å². The van der Waals surface area contributed by atoms with Gasteiger partial charge in [0, 0.05) is 24.8 Å². The first-order valence-corrected chi connectivity index (χ1v) is 6.27. The van der Waals surface area contributed by atoms with Gasteiger partial charge in [-0.05, 0) is 19.8 Å². The van der Waals surface area contributed by atoms with Crippen molar-refractivity contribution in [2.24, 2.45) is 0 Å². The predicted molar refractivity (Wildman–Crippen MR) is 69.5 cm³/mol. The minimum Gasteiger partial charge on any atom is -0.394 e. The largest absolute Gasteiger partial charge is 0.394 e. The first kappa shape index (κ1) is 13.0. The molecule has 6 heteroatoms. The van der Waals surface area contributed by atoms with Crippen molar-refractivity contribution in [3.8, 4) is 0 Å². The summed E-state index contributed by atoms with van der Waals surface area (Å²) in [5, 5.41) is 8.73. The molecule has 0 bridgehead atoms. The molecule has 1 saturated heterocycles. The highest BCUT2D eigenvalue weighted by molar-refractivity contribution is 5.48. The van der Waals surface area contributed by atoms with Crippen LogP contribution in [-0.4, -0.2) is 47.5 Å². The zero-order valence-corrected chi connectivity index (χ0v) is 10.7. The molecule has 1 aliphatic heterocycles. The highest BCUT2D eigenvalue weighted by atomic mass is 16.5.